The number of nitro benzene ring substituents is 1. The topological polar surface area (TPSA) is 107 Å². The van der Waals surface area contributed by atoms with E-state index in [1.54, 1.807) is 12.1 Å². The number of carbonyl (C=O) groups is 3. The van der Waals surface area contributed by atoms with Crippen molar-refractivity contribution >= 4 is 29.2 Å². The maximum absolute atomic E-state index is 12.8. The number of nitrogens with zero attached hydrogens (tertiary/aromatic N) is 2. The molecule has 0 bridgehead atoms. The van der Waals surface area contributed by atoms with E-state index in [4.69, 9.17) is 4.74 Å². The largest absolute Gasteiger partial charge is 0.423 e. The molecular weight excluding hydrogens is 388 g/mol. The third-order valence-corrected chi connectivity index (χ3v) is 5.47. The van der Waals surface area contributed by atoms with Crippen molar-refractivity contribution in [1.29, 1.82) is 0 Å². The maximum Gasteiger partial charge on any atom is 0.343 e. The number of non-ortho nitro benzene ring substituents is 1. The molecule has 8 nitrogen and oxygen atoms in total. The van der Waals surface area contributed by atoms with Crippen LogP contribution in [-0.2, 0) is 9.59 Å². The minimum Gasteiger partial charge on any atom is -0.423 e. The van der Waals surface area contributed by atoms with Gasteiger partial charge in [-0.3, -0.25) is 24.6 Å². The molecule has 0 unspecified atom stereocenters. The molecule has 2 aromatic rings. The molecule has 30 heavy (non-hydrogen) atoms. The number of anilines is 1. The van der Waals surface area contributed by atoms with Gasteiger partial charge in [-0.2, -0.15) is 0 Å². The number of amides is 2. The standard InChI is InChI=1S/C22H18N2O6/c1-13-4-2-7-18-19(13)21(26)23(20(18)25)15-8-10-17(11-9-15)30-22(27)14-5-3-6-16(12-14)24(28)29/h2-6,8-13,18-19H,7H2,1H3/t13-,18-,19-/m1/s1. The van der Waals surface area contributed by atoms with Gasteiger partial charge >= 0.3 is 5.97 Å². The van der Waals surface area contributed by atoms with Crippen LogP contribution in [0.2, 0.25) is 0 Å². The lowest BCUT2D eigenvalue weighted by atomic mass is 9.78. The van der Waals surface area contributed by atoms with Gasteiger partial charge in [-0.05, 0) is 42.7 Å². The van der Waals surface area contributed by atoms with Crippen molar-refractivity contribution in [3.63, 3.8) is 0 Å². The summed E-state index contributed by atoms with van der Waals surface area (Å²) in [5.41, 5.74) is 0.251. The number of nitro groups is 1. The van der Waals surface area contributed by atoms with Gasteiger partial charge in [-0.25, -0.2) is 4.79 Å². The van der Waals surface area contributed by atoms with Crippen molar-refractivity contribution in [1.82, 2.24) is 0 Å². The monoisotopic (exact) mass is 406 g/mol. The number of hydrogen-bond acceptors (Lipinski definition) is 6. The van der Waals surface area contributed by atoms with Gasteiger partial charge in [0.05, 0.1) is 28.0 Å². The fourth-order valence-electron chi connectivity index (χ4n) is 3.98. The van der Waals surface area contributed by atoms with Gasteiger partial charge in [0.25, 0.3) is 5.69 Å². The quantitative estimate of drug-likeness (QED) is 0.192. The molecule has 4 rings (SSSR count). The lowest BCUT2D eigenvalue weighted by Gasteiger charge is -2.22. The highest BCUT2D eigenvalue weighted by atomic mass is 16.6. The van der Waals surface area contributed by atoms with E-state index in [1.807, 2.05) is 19.1 Å². The zero-order chi connectivity index (χ0) is 21.4. The van der Waals surface area contributed by atoms with Crippen LogP contribution in [0.1, 0.15) is 23.7 Å². The first-order valence-corrected chi connectivity index (χ1v) is 9.48. The lowest BCUT2D eigenvalue weighted by Crippen LogP contribution is -2.31. The second-order valence-electron chi connectivity index (χ2n) is 7.36. The van der Waals surface area contributed by atoms with Crippen molar-refractivity contribution < 1.29 is 24.0 Å². The van der Waals surface area contributed by atoms with Crippen LogP contribution in [0.3, 0.4) is 0 Å². The summed E-state index contributed by atoms with van der Waals surface area (Å²) in [5, 5.41) is 10.9. The van der Waals surface area contributed by atoms with Crippen LogP contribution in [0.25, 0.3) is 0 Å². The van der Waals surface area contributed by atoms with Crippen molar-refractivity contribution in [3.8, 4) is 5.75 Å². The van der Waals surface area contributed by atoms with Crippen LogP contribution < -0.4 is 9.64 Å². The van der Waals surface area contributed by atoms with Crippen molar-refractivity contribution in [2.75, 3.05) is 4.90 Å². The highest BCUT2D eigenvalue weighted by Gasteiger charge is 2.50. The summed E-state index contributed by atoms with van der Waals surface area (Å²) in [7, 11) is 0. The van der Waals surface area contributed by atoms with Gasteiger partial charge in [0.15, 0.2) is 0 Å². The summed E-state index contributed by atoms with van der Waals surface area (Å²) in [4.78, 5) is 49.3. The number of imide groups is 1. The molecule has 1 aliphatic carbocycles. The molecule has 0 radical (unpaired) electrons. The van der Waals surface area contributed by atoms with E-state index in [2.05, 4.69) is 0 Å². The van der Waals surface area contributed by atoms with Crippen LogP contribution in [0.5, 0.6) is 5.75 Å². The van der Waals surface area contributed by atoms with Gasteiger partial charge in [0.1, 0.15) is 5.75 Å². The first kappa shape index (κ1) is 19.5. The van der Waals surface area contributed by atoms with Crippen LogP contribution >= 0.6 is 0 Å². The highest BCUT2D eigenvalue weighted by Crippen LogP contribution is 2.40. The average molecular weight is 406 g/mol. The Morgan fingerprint density at radius 1 is 1.13 bits per heavy atom. The number of hydrogen-bond donors (Lipinski definition) is 0. The summed E-state index contributed by atoms with van der Waals surface area (Å²) in [6, 6.07) is 11.3. The Kier molecular flexibility index (Phi) is 4.91. The summed E-state index contributed by atoms with van der Waals surface area (Å²) < 4.78 is 5.26. The molecule has 1 saturated heterocycles. The van der Waals surface area contributed by atoms with Crippen LogP contribution in [0.15, 0.2) is 60.7 Å². The van der Waals surface area contributed by atoms with E-state index in [9.17, 15) is 24.5 Å². The van der Waals surface area contributed by atoms with Crippen LogP contribution in [0, 0.1) is 27.9 Å². The molecule has 2 amide bonds. The second kappa shape index (κ2) is 7.55. The number of fused-ring (bicyclic) bond motifs is 1. The fourth-order valence-corrected chi connectivity index (χ4v) is 3.98. The van der Waals surface area contributed by atoms with E-state index in [-0.39, 0.29) is 46.6 Å². The van der Waals surface area contributed by atoms with Crippen molar-refractivity contribution in [2.24, 2.45) is 17.8 Å². The van der Waals surface area contributed by atoms with Gasteiger partial charge in [0, 0.05) is 12.1 Å². The normalized spacial score (nSPS) is 22.7. The molecule has 1 aliphatic heterocycles. The highest BCUT2D eigenvalue weighted by molar-refractivity contribution is 6.22. The smallest absolute Gasteiger partial charge is 0.343 e. The van der Waals surface area contributed by atoms with Crippen LogP contribution in [0.4, 0.5) is 11.4 Å². The van der Waals surface area contributed by atoms with E-state index < -0.39 is 10.9 Å². The lowest BCUT2D eigenvalue weighted by molar-refractivity contribution is -0.384. The molecule has 152 valence electrons. The predicted molar refractivity (Wildman–Crippen MR) is 107 cm³/mol. The number of carbonyl (C=O) groups excluding carboxylic acids is 3. The summed E-state index contributed by atoms with van der Waals surface area (Å²) >= 11 is 0. The summed E-state index contributed by atoms with van der Waals surface area (Å²) in [5.74, 6) is -1.68. The number of rotatable bonds is 4. The first-order chi connectivity index (χ1) is 14.4. The minimum absolute atomic E-state index is 0.000331. The van der Waals surface area contributed by atoms with Gasteiger partial charge in [-0.1, -0.05) is 25.1 Å². The average Bonchev–Trinajstić information content (AvgIpc) is 3.00. The number of esters is 1. The van der Waals surface area contributed by atoms with E-state index in [1.165, 1.54) is 35.2 Å². The Balaban J connectivity index is 1.50. The molecular formula is C22H18N2O6. The van der Waals surface area contributed by atoms with Crippen molar-refractivity contribution in [3.05, 3.63) is 76.4 Å². The third kappa shape index (κ3) is 3.36. The molecule has 0 saturated carbocycles. The maximum atomic E-state index is 12.8. The van der Waals surface area contributed by atoms with E-state index in [0.29, 0.717) is 12.1 Å². The third-order valence-electron chi connectivity index (χ3n) is 5.47. The second-order valence-corrected chi connectivity index (χ2v) is 7.36. The number of benzene rings is 2. The number of ether oxygens (including phenoxy) is 1. The van der Waals surface area contributed by atoms with E-state index in [0.717, 1.165) is 6.07 Å². The zero-order valence-corrected chi connectivity index (χ0v) is 16.1. The first-order valence-electron chi connectivity index (χ1n) is 9.48. The van der Waals surface area contributed by atoms with Gasteiger partial charge in [0.2, 0.25) is 11.8 Å². The van der Waals surface area contributed by atoms with Gasteiger partial charge < -0.3 is 4.74 Å². The molecule has 0 N–H and O–H groups in total. The SMILES string of the molecule is C[C@@H]1C=CC[C@H]2C(=O)N(c3ccc(OC(=O)c4cccc([N+](=O)[O-])c4)cc3)C(=O)[C@H]12. The Morgan fingerprint density at radius 2 is 1.87 bits per heavy atom. The Bertz CT molecular complexity index is 1080. The molecule has 3 atom stereocenters. The molecule has 1 fully saturated rings. The Hall–Kier alpha value is -3.81. The summed E-state index contributed by atoms with van der Waals surface area (Å²) in [6.07, 6.45) is 4.46. The summed E-state index contributed by atoms with van der Waals surface area (Å²) in [6.45, 7) is 1.93. The van der Waals surface area contributed by atoms with Crippen molar-refractivity contribution in [2.45, 2.75) is 13.3 Å². The molecule has 2 aromatic carbocycles. The molecule has 0 spiro atoms. The Morgan fingerprint density at radius 3 is 2.53 bits per heavy atom. The minimum atomic E-state index is -0.745. The van der Waals surface area contributed by atoms with E-state index >= 15 is 0 Å². The molecule has 8 heteroatoms. The molecule has 0 aromatic heterocycles. The number of allylic oxidation sites excluding steroid dienone is 2. The predicted octanol–water partition coefficient (Wildman–Crippen LogP) is 3.52. The Labute approximate surface area is 171 Å². The zero-order valence-electron chi connectivity index (χ0n) is 16.1. The molecule has 1 heterocycles. The van der Waals surface area contributed by atoms with Crippen LogP contribution in [-0.4, -0.2) is 22.7 Å². The fraction of sp³-hybridized carbons (Fsp3) is 0.227. The van der Waals surface area contributed by atoms with Gasteiger partial charge in [-0.15, -0.1) is 0 Å². The molecule has 2 aliphatic rings.